The van der Waals surface area contributed by atoms with Crippen molar-refractivity contribution in [2.24, 2.45) is 130 Å². The van der Waals surface area contributed by atoms with Crippen LogP contribution in [0.5, 0.6) is 0 Å². The first-order chi connectivity index (χ1) is 31.7. The van der Waals surface area contributed by atoms with Crippen molar-refractivity contribution in [1.29, 1.82) is 5.26 Å². The normalized spacial score (nSPS) is 53.7. The number of rotatable bonds is 4. The van der Waals surface area contributed by atoms with Gasteiger partial charge in [0.25, 0.3) is 0 Å². The van der Waals surface area contributed by atoms with Crippen molar-refractivity contribution in [3.63, 3.8) is 0 Å². The average Bonchev–Trinajstić information content (AvgIpc) is 3.65. The van der Waals surface area contributed by atoms with E-state index >= 15 is 0 Å². The molecular weight excluding hydrogens is 775 g/mol. The van der Waals surface area contributed by atoms with E-state index in [0.29, 0.717) is 17.3 Å². The second kappa shape index (κ2) is 17.9. The molecule has 11 fully saturated rings. The van der Waals surface area contributed by atoms with E-state index in [0.717, 1.165) is 119 Å². The van der Waals surface area contributed by atoms with Crippen molar-refractivity contribution in [2.75, 3.05) is 0 Å². The summed E-state index contributed by atoms with van der Waals surface area (Å²) < 4.78 is 7.15. The maximum atomic E-state index is 10.5. The van der Waals surface area contributed by atoms with Gasteiger partial charge in [0.15, 0.2) is 0 Å². The van der Waals surface area contributed by atoms with Crippen molar-refractivity contribution in [3.05, 3.63) is 24.0 Å². The third-order valence-corrected chi connectivity index (χ3v) is 25.4. The van der Waals surface area contributed by atoms with E-state index in [1.54, 1.807) is 135 Å². The van der Waals surface area contributed by atoms with Gasteiger partial charge in [0.05, 0.1) is 17.7 Å². The highest BCUT2D eigenvalue weighted by Crippen LogP contribution is 2.75. The van der Waals surface area contributed by atoms with Gasteiger partial charge in [-0.1, -0.05) is 115 Å². The molecule has 0 bridgehead atoms. The summed E-state index contributed by atoms with van der Waals surface area (Å²) in [5.41, 5.74) is 0.363. The van der Waals surface area contributed by atoms with E-state index in [4.69, 9.17) is 4.74 Å². The molecule has 0 aromatic heterocycles. The molecule has 1 saturated heterocycles. The van der Waals surface area contributed by atoms with Crippen molar-refractivity contribution in [1.82, 2.24) is 0 Å². The van der Waals surface area contributed by atoms with E-state index in [9.17, 15) is 5.26 Å². The molecule has 22 unspecified atom stereocenters. The first kappa shape index (κ1) is 42.8. The van der Waals surface area contributed by atoms with Gasteiger partial charge >= 0.3 is 0 Å². The van der Waals surface area contributed by atoms with E-state index in [-0.39, 0.29) is 12.0 Å². The lowest BCUT2D eigenvalue weighted by molar-refractivity contribution is -0.158. The SMILES string of the molecule is N#CC1CC=C2OC3C=CCCC3C3(C2C1)C1CCCCC1C1CCC(C2CCC4C(C2)C(C2CCCC5CCCCC52)C2CCCCC2C4C2CCCC(C4CCCCC4)C2)CC13. The summed E-state index contributed by atoms with van der Waals surface area (Å²) >= 11 is 0. The monoisotopic (exact) mass is 868 g/mol. The number of hydrogen-bond donors (Lipinski definition) is 0. The van der Waals surface area contributed by atoms with Gasteiger partial charge in [-0.2, -0.15) is 5.26 Å². The van der Waals surface area contributed by atoms with Crippen LogP contribution >= 0.6 is 0 Å². The van der Waals surface area contributed by atoms with E-state index < -0.39 is 0 Å². The van der Waals surface area contributed by atoms with Crippen LogP contribution in [0.3, 0.4) is 0 Å². The third-order valence-electron chi connectivity index (χ3n) is 25.4. The number of hydrogen-bond acceptors (Lipinski definition) is 2. The Hall–Kier alpha value is -1.23. The Labute approximate surface area is 392 Å². The van der Waals surface area contributed by atoms with Crippen molar-refractivity contribution in [3.8, 4) is 6.07 Å². The Morgan fingerprint density at radius 1 is 0.438 bits per heavy atom. The van der Waals surface area contributed by atoms with Crippen LogP contribution in [0.25, 0.3) is 0 Å². The fraction of sp³-hybridized carbons (Fsp3) is 0.919. The van der Waals surface area contributed by atoms with Crippen LogP contribution < -0.4 is 0 Å². The van der Waals surface area contributed by atoms with Gasteiger partial charge < -0.3 is 4.74 Å². The summed E-state index contributed by atoms with van der Waals surface area (Å²) in [5.74, 6) is 21.1. The quantitative estimate of drug-likeness (QED) is 0.264. The Morgan fingerprint density at radius 2 is 1.03 bits per heavy atom. The molecular formula is C62H93NO. The van der Waals surface area contributed by atoms with Crippen LogP contribution in [-0.2, 0) is 4.74 Å². The largest absolute Gasteiger partial charge is 0.490 e. The zero-order chi connectivity index (χ0) is 42.4. The zero-order valence-corrected chi connectivity index (χ0v) is 40.8. The van der Waals surface area contributed by atoms with Gasteiger partial charge in [-0.3, -0.25) is 0 Å². The van der Waals surface area contributed by atoms with Crippen LogP contribution in [0.4, 0.5) is 0 Å². The molecule has 0 N–H and O–H groups in total. The molecule has 0 radical (unpaired) electrons. The smallest absolute Gasteiger partial charge is 0.120 e. The summed E-state index contributed by atoms with van der Waals surface area (Å²) in [7, 11) is 0. The second-order valence-corrected chi connectivity index (χ2v) is 27.1. The summed E-state index contributed by atoms with van der Waals surface area (Å²) in [6.07, 6.45) is 59.3. The van der Waals surface area contributed by atoms with Crippen LogP contribution in [-0.4, -0.2) is 6.10 Å². The molecule has 352 valence electrons. The number of allylic oxidation sites excluding steroid dienone is 3. The first-order valence-electron chi connectivity index (χ1n) is 30.1. The van der Waals surface area contributed by atoms with Gasteiger partial charge in [0.1, 0.15) is 6.10 Å². The lowest BCUT2D eigenvalue weighted by Crippen LogP contribution is -2.58. The minimum Gasteiger partial charge on any atom is -0.490 e. The molecule has 12 aliphatic carbocycles. The van der Waals surface area contributed by atoms with Crippen molar-refractivity contribution in [2.45, 2.75) is 224 Å². The molecule has 2 heteroatoms. The Morgan fingerprint density at radius 3 is 1.89 bits per heavy atom. The number of fused-ring (bicyclic) bond motifs is 12. The maximum absolute atomic E-state index is 10.5. The minimum absolute atomic E-state index is 0.186. The molecule has 0 amide bonds. The van der Waals surface area contributed by atoms with Crippen LogP contribution in [0.1, 0.15) is 218 Å². The summed E-state index contributed by atoms with van der Waals surface area (Å²) in [6, 6.07) is 2.85. The molecule has 13 rings (SSSR count). The first-order valence-corrected chi connectivity index (χ1v) is 30.1. The standard InChI is InChI=1S/C62H93NO/c63-38-39-28-33-59-57(34-39)62(55-26-10-11-27-58(55)64-59)54-25-9-8-21-47(54)48-31-29-44(37-56(48)62)43-30-32-52-53(36-43)61(49-24-13-17-41-16-4-5-20-46(41)49)51-23-7-6-22-50(51)60(52)45-19-12-18-42(35-45)40-14-2-1-3-15-40/h11,27,33,39-58,60-61H,1-10,12-26,28-32,34-37H2. The van der Waals surface area contributed by atoms with Crippen LogP contribution in [0, 0.1) is 141 Å². The van der Waals surface area contributed by atoms with Gasteiger partial charge in [-0.15, -0.1) is 0 Å². The fourth-order valence-electron chi connectivity index (χ4n) is 23.7. The molecule has 1 aliphatic heterocycles. The predicted octanol–water partition coefficient (Wildman–Crippen LogP) is 16.7. The molecule has 0 aromatic carbocycles. The summed E-state index contributed by atoms with van der Waals surface area (Å²) in [6.45, 7) is 0. The Balaban J connectivity index is 0.845. The summed E-state index contributed by atoms with van der Waals surface area (Å²) in [5, 5.41) is 10.5. The highest BCUT2D eigenvalue weighted by atomic mass is 16.5. The van der Waals surface area contributed by atoms with Gasteiger partial charge in [0, 0.05) is 11.8 Å². The van der Waals surface area contributed by atoms with Crippen molar-refractivity contribution >= 4 is 0 Å². The predicted molar refractivity (Wildman–Crippen MR) is 260 cm³/mol. The highest BCUT2D eigenvalue weighted by molar-refractivity contribution is 5.27. The minimum atomic E-state index is 0.186. The molecule has 64 heavy (non-hydrogen) atoms. The Bertz CT molecular complexity index is 1750. The number of nitriles is 1. The molecule has 1 spiro atoms. The van der Waals surface area contributed by atoms with E-state index in [1.165, 1.54) is 76.4 Å². The molecule has 1 heterocycles. The lowest BCUT2D eigenvalue weighted by Gasteiger charge is -2.63. The van der Waals surface area contributed by atoms with E-state index in [1.807, 2.05) is 0 Å². The zero-order valence-electron chi connectivity index (χ0n) is 40.8. The molecule has 13 aliphatic rings. The summed E-state index contributed by atoms with van der Waals surface area (Å²) in [4.78, 5) is 0. The average molecular weight is 868 g/mol. The maximum Gasteiger partial charge on any atom is 0.120 e. The van der Waals surface area contributed by atoms with Crippen LogP contribution in [0.2, 0.25) is 0 Å². The molecule has 2 nitrogen and oxygen atoms in total. The number of ether oxygens (including phenoxy) is 1. The van der Waals surface area contributed by atoms with Gasteiger partial charge in [-0.05, 0) is 233 Å². The molecule has 10 saturated carbocycles. The highest BCUT2D eigenvalue weighted by Gasteiger charge is 2.70. The lowest BCUT2D eigenvalue weighted by atomic mass is 9.42. The van der Waals surface area contributed by atoms with E-state index in [2.05, 4.69) is 24.3 Å². The van der Waals surface area contributed by atoms with Crippen LogP contribution in [0.15, 0.2) is 24.0 Å². The molecule has 0 aromatic rings. The van der Waals surface area contributed by atoms with Crippen molar-refractivity contribution < 1.29 is 4.74 Å². The van der Waals surface area contributed by atoms with Gasteiger partial charge in [0.2, 0.25) is 0 Å². The molecule has 22 atom stereocenters. The second-order valence-electron chi connectivity index (χ2n) is 27.1. The van der Waals surface area contributed by atoms with Gasteiger partial charge in [-0.25, -0.2) is 0 Å². The fourth-order valence-corrected chi connectivity index (χ4v) is 23.7. The Kier molecular flexibility index (Phi) is 12.0. The third kappa shape index (κ3) is 7.03. The number of nitrogens with zero attached hydrogens (tertiary/aromatic N) is 1. The topological polar surface area (TPSA) is 33.0 Å².